The lowest BCUT2D eigenvalue weighted by molar-refractivity contribution is 0.209. The smallest absolute Gasteiger partial charge is 0.149 e. The van der Waals surface area contributed by atoms with Gasteiger partial charge in [-0.25, -0.2) is 10.5 Å². The van der Waals surface area contributed by atoms with Crippen molar-refractivity contribution in [1.29, 1.82) is 0 Å². The number of nitrogens with one attached hydrogen (secondary N) is 1. The van der Waals surface area contributed by atoms with E-state index in [4.69, 9.17) is 4.84 Å². The second kappa shape index (κ2) is 4.76. The Kier molecular flexibility index (Phi) is 3.16. The van der Waals surface area contributed by atoms with Crippen LogP contribution in [0.25, 0.3) is 11.1 Å². The maximum atomic E-state index is 5.04. The molecule has 2 rings (SSSR count). The number of aromatic nitrogens is 3. The van der Waals surface area contributed by atoms with Crippen molar-refractivity contribution in [3.05, 3.63) is 30.7 Å². The molecule has 0 radical (unpaired) electrons. The summed E-state index contributed by atoms with van der Waals surface area (Å²) in [5, 5.41) is 4.11. The van der Waals surface area contributed by atoms with E-state index >= 15 is 0 Å². The summed E-state index contributed by atoms with van der Waals surface area (Å²) in [6.07, 6.45) is 5.55. The SMILES string of the molecule is CCONc1ccc(-c2cnn(C)c2)cn1. The molecule has 1 N–H and O–H groups in total. The van der Waals surface area contributed by atoms with Gasteiger partial charge >= 0.3 is 0 Å². The Balaban J connectivity index is 2.13. The molecular weight excluding hydrogens is 204 g/mol. The molecule has 2 aromatic rings. The van der Waals surface area contributed by atoms with E-state index in [1.54, 1.807) is 10.9 Å². The molecule has 0 saturated carbocycles. The van der Waals surface area contributed by atoms with Crippen molar-refractivity contribution in [1.82, 2.24) is 14.8 Å². The lowest BCUT2D eigenvalue weighted by atomic mass is 10.2. The summed E-state index contributed by atoms with van der Waals surface area (Å²) in [5.41, 5.74) is 4.84. The van der Waals surface area contributed by atoms with Gasteiger partial charge in [0.1, 0.15) is 5.82 Å². The molecule has 84 valence electrons. The van der Waals surface area contributed by atoms with Crippen molar-refractivity contribution in [2.24, 2.45) is 7.05 Å². The molecule has 0 fully saturated rings. The third-order valence-corrected chi connectivity index (χ3v) is 2.12. The highest BCUT2D eigenvalue weighted by Gasteiger charge is 2.00. The normalized spacial score (nSPS) is 10.4. The van der Waals surface area contributed by atoms with E-state index in [9.17, 15) is 0 Å². The number of hydrogen-bond donors (Lipinski definition) is 1. The minimum atomic E-state index is 0.603. The van der Waals surface area contributed by atoms with Gasteiger partial charge in [0.25, 0.3) is 0 Å². The number of hydrogen-bond acceptors (Lipinski definition) is 4. The van der Waals surface area contributed by atoms with Crippen molar-refractivity contribution < 1.29 is 4.84 Å². The average molecular weight is 218 g/mol. The molecule has 0 aromatic carbocycles. The number of rotatable bonds is 4. The van der Waals surface area contributed by atoms with Crippen molar-refractivity contribution in [2.45, 2.75) is 6.92 Å². The summed E-state index contributed by atoms with van der Waals surface area (Å²) in [7, 11) is 1.89. The van der Waals surface area contributed by atoms with Crippen LogP contribution < -0.4 is 5.48 Å². The molecule has 0 atom stereocenters. The van der Waals surface area contributed by atoms with E-state index in [2.05, 4.69) is 15.6 Å². The molecule has 16 heavy (non-hydrogen) atoms. The van der Waals surface area contributed by atoms with Crippen molar-refractivity contribution in [3.8, 4) is 11.1 Å². The molecule has 0 bridgehead atoms. The van der Waals surface area contributed by atoms with Crippen LogP contribution in [0.2, 0.25) is 0 Å². The fourth-order valence-corrected chi connectivity index (χ4v) is 1.34. The van der Waals surface area contributed by atoms with Crippen LogP contribution in [0.5, 0.6) is 0 Å². The summed E-state index contributed by atoms with van der Waals surface area (Å²) in [6, 6.07) is 3.85. The summed E-state index contributed by atoms with van der Waals surface area (Å²) >= 11 is 0. The second-order valence-corrected chi connectivity index (χ2v) is 3.37. The van der Waals surface area contributed by atoms with E-state index in [1.165, 1.54) is 0 Å². The minimum absolute atomic E-state index is 0.603. The molecule has 0 saturated heterocycles. The number of nitrogens with zero attached hydrogens (tertiary/aromatic N) is 3. The third-order valence-electron chi connectivity index (χ3n) is 2.12. The molecule has 0 aliphatic rings. The predicted molar refractivity (Wildman–Crippen MR) is 61.7 cm³/mol. The van der Waals surface area contributed by atoms with Crippen LogP contribution in [0.1, 0.15) is 6.92 Å². The zero-order chi connectivity index (χ0) is 11.4. The zero-order valence-electron chi connectivity index (χ0n) is 9.34. The predicted octanol–water partition coefficient (Wildman–Crippen LogP) is 1.85. The zero-order valence-corrected chi connectivity index (χ0v) is 9.34. The first-order valence-corrected chi connectivity index (χ1v) is 5.12. The van der Waals surface area contributed by atoms with Crippen LogP contribution in [0.3, 0.4) is 0 Å². The Morgan fingerprint density at radius 1 is 1.31 bits per heavy atom. The van der Waals surface area contributed by atoms with Gasteiger partial charge < -0.3 is 0 Å². The maximum Gasteiger partial charge on any atom is 0.149 e. The van der Waals surface area contributed by atoms with Crippen LogP contribution in [-0.2, 0) is 11.9 Å². The van der Waals surface area contributed by atoms with Gasteiger partial charge in [0, 0.05) is 30.6 Å². The quantitative estimate of drug-likeness (QED) is 0.796. The molecular formula is C11H14N4O. The van der Waals surface area contributed by atoms with Crippen LogP contribution >= 0.6 is 0 Å². The Morgan fingerprint density at radius 3 is 2.75 bits per heavy atom. The van der Waals surface area contributed by atoms with Gasteiger partial charge in [-0.2, -0.15) is 5.10 Å². The molecule has 2 heterocycles. The lowest BCUT2D eigenvalue weighted by Gasteiger charge is -2.04. The topological polar surface area (TPSA) is 52.0 Å². The van der Waals surface area contributed by atoms with E-state index in [-0.39, 0.29) is 0 Å². The molecule has 0 amide bonds. The summed E-state index contributed by atoms with van der Waals surface area (Å²) < 4.78 is 1.77. The third kappa shape index (κ3) is 2.38. The minimum Gasteiger partial charge on any atom is -0.275 e. The van der Waals surface area contributed by atoms with E-state index in [0.29, 0.717) is 12.4 Å². The highest BCUT2D eigenvalue weighted by atomic mass is 16.6. The number of pyridine rings is 1. The van der Waals surface area contributed by atoms with Gasteiger partial charge in [0.15, 0.2) is 0 Å². The van der Waals surface area contributed by atoms with Crippen molar-refractivity contribution in [2.75, 3.05) is 12.1 Å². The highest BCUT2D eigenvalue weighted by molar-refractivity contribution is 5.61. The maximum absolute atomic E-state index is 5.04. The van der Waals surface area contributed by atoms with Crippen molar-refractivity contribution >= 4 is 5.82 Å². The van der Waals surface area contributed by atoms with Crippen LogP contribution in [0, 0.1) is 0 Å². The fraction of sp³-hybridized carbons (Fsp3) is 0.273. The number of anilines is 1. The average Bonchev–Trinajstić information content (AvgIpc) is 2.74. The Labute approximate surface area is 94.0 Å². The summed E-state index contributed by atoms with van der Waals surface area (Å²) in [5.74, 6) is 0.703. The number of aryl methyl sites for hydroxylation is 1. The molecule has 0 unspecified atom stereocenters. The van der Waals surface area contributed by atoms with Gasteiger partial charge in [0.2, 0.25) is 0 Å². The van der Waals surface area contributed by atoms with E-state index in [1.807, 2.05) is 38.5 Å². The van der Waals surface area contributed by atoms with Crippen LogP contribution in [-0.4, -0.2) is 21.4 Å². The van der Waals surface area contributed by atoms with Gasteiger partial charge in [-0.15, -0.1) is 0 Å². The Morgan fingerprint density at radius 2 is 2.19 bits per heavy atom. The first-order valence-electron chi connectivity index (χ1n) is 5.12. The van der Waals surface area contributed by atoms with Gasteiger partial charge in [-0.3, -0.25) is 9.52 Å². The molecule has 0 aliphatic heterocycles. The second-order valence-electron chi connectivity index (χ2n) is 3.37. The van der Waals surface area contributed by atoms with Crippen LogP contribution in [0.15, 0.2) is 30.7 Å². The monoisotopic (exact) mass is 218 g/mol. The summed E-state index contributed by atoms with van der Waals surface area (Å²) in [6.45, 7) is 2.52. The Hall–Kier alpha value is -1.88. The molecule has 0 aliphatic carbocycles. The Bertz CT molecular complexity index is 449. The lowest BCUT2D eigenvalue weighted by Crippen LogP contribution is -2.01. The van der Waals surface area contributed by atoms with Gasteiger partial charge in [0.05, 0.1) is 12.8 Å². The van der Waals surface area contributed by atoms with Gasteiger partial charge in [-0.1, -0.05) is 0 Å². The molecule has 5 heteroatoms. The molecule has 0 spiro atoms. The molecule has 2 aromatic heterocycles. The molecule has 5 nitrogen and oxygen atoms in total. The van der Waals surface area contributed by atoms with Gasteiger partial charge in [-0.05, 0) is 19.1 Å². The van der Waals surface area contributed by atoms with E-state index < -0.39 is 0 Å². The highest BCUT2D eigenvalue weighted by Crippen LogP contribution is 2.18. The standard InChI is InChI=1S/C11H14N4O/c1-3-16-14-11-5-4-9(6-12-11)10-7-13-15(2)8-10/h4-8H,3H2,1-2H3,(H,12,14). The van der Waals surface area contributed by atoms with Crippen LogP contribution in [0.4, 0.5) is 5.82 Å². The largest absolute Gasteiger partial charge is 0.275 e. The first-order chi connectivity index (χ1) is 7.79. The van der Waals surface area contributed by atoms with Crippen molar-refractivity contribution in [3.63, 3.8) is 0 Å². The van der Waals surface area contributed by atoms with E-state index in [0.717, 1.165) is 11.1 Å². The first kappa shape index (κ1) is 10.6. The fourth-order valence-electron chi connectivity index (χ4n) is 1.34. The summed E-state index contributed by atoms with van der Waals surface area (Å²) in [4.78, 5) is 9.27.